The van der Waals surface area contributed by atoms with Crippen LogP contribution in [0.15, 0.2) is 46.2 Å². The number of carbonyl (C=O) groups excluding carboxylic acids is 1. The molecule has 124 valence electrons. The van der Waals surface area contributed by atoms with Crippen molar-refractivity contribution in [3.05, 3.63) is 41.7 Å². The second-order valence-electron chi connectivity index (χ2n) is 5.05. The topological polar surface area (TPSA) is 92.8 Å². The Morgan fingerprint density at radius 1 is 1.38 bits per heavy atom. The number of H-pyrrole nitrogens is 1. The van der Waals surface area contributed by atoms with Gasteiger partial charge in [0.2, 0.25) is 0 Å². The van der Waals surface area contributed by atoms with Crippen LogP contribution in [-0.2, 0) is 0 Å². The van der Waals surface area contributed by atoms with Gasteiger partial charge in [-0.05, 0) is 43.8 Å². The summed E-state index contributed by atoms with van der Waals surface area (Å²) in [6.07, 6.45) is 3.15. The third-order valence-electron chi connectivity index (χ3n) is 2.78. The summed E-state index contributed by atoms with van der Waals surface area (Å²) in [6.45, 7) is 3.87. The average Bonchev–Trinajstić information content (AvgIpc) is 3.20. The normalized spacial score (nSPS) is 10.8. The number of carbonyl (C=O) groups is 1. The molecule has 3 rings (SSSR count). The van der Waals surface area contributed by atoms with E-state index in [9.17, 15) is 4.79 Å². The van der Waals surface area contributed by atoms with E-state index in [0.717, 1.165) is 4.90 Å². The highest BCUT2D eigenvalue weighted by atomic mass is 32.2. The molecule has 0 saturated heterocycles. The second kappa shape index (κ2) is 7.45. The first-order valence-electron chi connectivity index (χ1n) is 7.16. The van der Waals surface area contributed by atoms with Gasteiger partial charge in [0, 0.05) is 22.0 Å². The number of nitrogens with zero attached hydrogens (tertiary/aromatic N) is 3. The maximum absolute atomic E-state index is 12.5. The Kier molecular flexibility index (Phi) is 5.11. The number of aromatic nitrogens is 4. The van der Waals surface area contributed by atoms with Crippen molar-refractivity contribution in [3.8, 4) is 5.75 Å². The van der Waals surface area contributed by atoms with E-state index in [1.54, 1.807) is 23.7 Å². The van der Waals surface area contributed by atoms with Gasteiger partial charge in [0.15, 0.2) is 10.3 Å². The van der Waals surface area contributed by atoms with Crippen LogP contribution in [0.3, 0.4) is 0 Å². The predicted octanol–water partition coefficient (Wildman–Crippen LogP) is 3.45. The third-order valence-corrected chi connectivity index (χ3v) is 4.33. The van der Waals surface area contributed by atoms with Crippen LogP contribution >= 0.6 is 23.1 Å². The first kappa shape index (κ1) is 16.5. The molecule has 1 aromatic carbocycles. The molecule has 0 spiro atoms. The van der Waals surface area contributed by atoms with Crippen LogP contribution in [0, 0.1) is 0 Å². The van der Waals surface area contributed by atoms with Gasteiger partial charge in [0.05, 0.1) is 6.10 Å². The number of rotatable bonds is 6. The standard InChI is InChI=1S/C15H15N5O2S2/c1-9(2)22-11-5-10(13(21)19-14-16-3-4-23-14)6-12(7-11)24-15-17-8-18-20-15/h3-9H,1-2H3,(H,16,19,21)(H,17,18,20). The number of hydrogen-bond acceptors (Lipinski definition) is 7. The van der Waals surface area contributed by atoms with E-state index >= 15 is 0 Å². The fraction of sp³-hybridized carbons (Fsp3) is 0.200. The molecule has 0 aliphatic rings. The maximum Gasteiger partial charge on any atom is 0.257 e. The summed E-state index contributed by atoms with van der Waals surface area (Å²) in [6, 6.07) is 5.37. The van der Waals surface area contributed by atoms with Crippen LogP contribution in [0.4, 0.5) is 5.13 Å². The Hall–Kier alpha value is -2.39. The van der Waals surface area contributed by atoms with Gasteiger partial charge in [-0.3, -0.25) is 10.1 Å². The van der Waals surface area contributed by atoms with Gasteiger partial charge < -0.3 is 9.72 Å². The Morgan fingerprint density at radius 2 is 2.25 bits per heavy atom. The van der Waals surface area contributed by atoms with Crippen molar-refractivity contribution >= 4 is 34.1 Å². The first-order valence-corrected chi connectivity index (χ1v) is 8.86. The Labute approximate surface area is 146 Å². The van der Waals surface area contributed by atoms with E-state index in [1.807, 2.05) is 19.9 Å². The molecule has 0 bridgehead atoms. The summed E-state index contributed by atoms with van der Waals surface area (Å²) in [5.41, 5.74) is 0.491. The Morgan fingerprint density at radius 3 is 2.92 bits per heavy atom. The fourth-order valence-corrected chi connectivity index (χ4v) is 3.22. The third kappa shape index (κ3) is 4.33. The zero-order chi connectivity index (χ0) is 16.9. The quantitative estimate of drug-likeness (QED) is 0.698. The van der Waals surface area contributed by atoms with Crippen LogP contribution in [0.5, 0.6) is 5.75 Å². The minimum atomic E-state index is -0.237. The van der Waals surface area contributed by atoms with Crippen LogP contribution in [0.1, 0.15) is 24.2 Å². The summed E-state index contributed by atoms with van der Waals surface area (Å²) in [5, 5.41) is 13.5. The van der Waals surface area contributed by atoms with E-state index in [2.05, 4.69) is 25.5 Å². The Balaban J connectivity index is 1.87. The molecule has 7 nitrogen and oxygen atoms in total. The van der Waals surface area contributed by atoms with E-state index < -0.39 is 0 Å². The molecular formula is C15H15N5O2S2. The summed E-state index contributed by atoms with van der Waals surface area (Å²) in [4.78, 5) is 20.3. The summed E-state index contributed by atoms with van der Waals surface area (Å²) < 4.78 is 5.75. The van der Waals surface area contributed by atoms with Gasteiger partial charge in [0.1, 0.15) is 12.1 Å². The highest BCUT2D eigenvalue weighted by Crippen LogP contribution is 2.30. The van der Waals surface area contributed by atoms with E-state index in [-0.39, 0.29) is 12.0 Å². The second-order valence-corrected chi connectivity index (χ2v) is 7.00. The van der Waals surface area contributed by atoms with Gasteiger partial charge >= 0.3 is 0 Å². The van der Waals surface area contributed by atoms with Gasteiger partial charge in [-0.1, -0.05) is 0 Å². The fourth-order valence-electron chi connectivity index (χ4n) is 1.91. The SMILES string of the molecule is CC(C)Oc1cc(Sc2nnc[nH]2)cc(C(=O)Nc2nccs2)c1. The molecule has 0 aliphatic carbocycles. The molecule has 0 atom stereocenters. The molecule has 3 aromatic rings. The number of thiazole rings is 1. The summed E-state index contributed by atoms with van der Waals surface area (Å²) in [7, 11) is 0. The lowest BCUT2D eigenvalue weighted by atomic mass is 10.2. The molecule has 0 saturated carbocycles. The van der Waals surface area contributed by atoms with Crippen LogP contribution in [0.25, 0.3) is 0 Å². The summed E-state index contributed by atoms with van der Waals surface area (Å²) in [5.74, 6) is 0.386. The van der Waals surface area contributed by atoms with E-state index in [4.69, 9.17) is 4.74 Å². The highest BCUT2D eigenvalue weighted by Gasteiger charge is 2.13. The molecule has 2 heterocycles. The number of aromatic amines is 1. The molecule has 24 heavy (non-hydrogen) atoms. The molecule has 2 aromatic heterocycles. The zero-order valence-electron chi connectivity index (χ0n) is 13.0. The molecular weight excluding hydrogens is 346 g/mol. The lowest BCUT2D eigenvalue weighted by Gasteiger charge is -2.12. The largest absolute Gasteiger partial charge is 0.491 e. The van der Waals surface area contributed by atoms with E-state index in [1.165, 1.54) is 29.4 Å². The minimum Gasteiger partial charge on any atom is -0.491 e. The van der Waals surface area contributed by atoms with Gasteiger partial charge in [-0.25, -0.2) is 4.98 Å². The molecule has 2 N–H and O–H groups in total. The molecule has 0 radical (unpaired) electrons. The number of anilines is 1. The van der Waals surface area contributed by atoms with Gasteiger partial charge in [-0.15, -0.1) is 21.5 Å². The maximum atomic E-state index is 12.5. The number of ether oxygens (including phenoxy) is 1. The monoisotopic (exact) mass is 361 g/mol. The van der Waals surface area contributed by atoms with Crippen molar-refractivity contribution < 1.29 is 9.53 Å². The molecule has 0 unspecified atom stereocenters. The van der Waals surface area contributed by atoms with Crippen molar-refractivity contribution in [2.75, 3.05) is 5.32 Å². The predicted molar refractivity (Wildman–Crippen MR) is 92.8 cm³/mol. The first-order chi connectivity index (χ1) is 11.6. The number of nitrogens with one attached hydrogen (secondary N) is 2. The molecule has 0 fully saturated rings. The smallest absolute Gasteiger partial charge is 0.257 e. The van der Waals surface area contributed by atoms with E-state index in [0.29, 0.717) is 21.6 Å². The minimum absolute atomic E-state index is 0.00500. The number of amides is 1. The molecule has 0 aliphatic heterocycles. The molecule has 1 amide bonds. The lowest BCUT2D eigenvalue weighted by molar-refractivity contribution is 0.102. The van der Waals surface area contributed by atoms with Crippen molar-refractivity contribution in [3.63, 3.8) is 0 Å². The van der Waals surface area contributed by atoms with Crippen molar-refractivity contribution in [2.24, 2.45) is 0 Å². The van der Waals surface area contributed by atoms with Crippen LogP contribution < -0.4 is 10.1 Å². The van der Waals surface area contributed by atoms with Gasteiger partial charge in [-0.2, -0.15) is 0 Å². The van der Waals surface area contributed by atoms with Crippen molar-refractivity contribution in [1.82, 2.24) is 20.2 Å². The summed E-state index contributed by atoms with van der Waals surface area (Å²) >= 11 is 2.74. The lowest BCUT2D eigenvalue weighted by Crippen LogP contribution is -2.13. The van der Waals surface area contributed by atoms with Crippen molar-refractivity contribution in [2.45, 2.75) is 30.0 Å². The Bertz CT molecular complexity index is 803. The highest BCUT2D eigenvalue weighted by molar-refractivity contribution is 7.99. The van der Waals surface area contributed by atoms with Crippen LogP contribution in [0.2, 0.25) is 0 Å². The van der Waals surface area contributed by atoms with Crippen molar-refractivity contribution in [1.29, 1.82) is 0 Å². The van der Waals surface area contributed by atoms with Crippen LogP contribution in [-0.4, -0.2) is 32.2 Å². The number of hydrogen-bond donors (Lipinski definition) is 2. The number of benzene rings is 1. The molecule has 9 heteroatoms. The van der Waals surface area contributed by atoms with Gasteiger partial charge in [0.25, 0.3) is 5.91 Å². The average molecular weight is 361 g/mol. The zero-order valence-corrected chi connectivity index (χ0v) is 14.6.